The van der Waals surface area contributed by atoms with Crippen molar-refractivity contribution in [2.24, 2.45) is 11.3 Å². The van der Waals surface area contributed by atoms with Gasteiger partial charge in [0, 0.05) is 5.54 Å². The summed E-state index contributed by atoms with van der Waals surface area (Å²) in [6.45, 7) is 11.6. The molecular formula is C15H27NO2. The average Bonchev–Trinajstić information content (AvgIpc) is 2.23. The molecule has 1 saturated carbocycles. The molecule has 3 heteroatoms. The Bertz CT molecular complexity index is 333. The van der Waals surface area contributed by atoms with E-state index in [9.17, 15) is 4.79 Å². The number of carbonyl (C=O) groups excluding carboxylic acids is 1. The zero-order valence-electron chi connectivity index (χ0n) is 12.4. The molecule has 2 fully saturated rings. The van der Waals surface area contributed by atoms with Crippen molar-refractivity contribution in [2.45, 2.75) is 71.4 Å². The van der Waals surface area contributed by atoms with Gasteiger partial charge < -0.3 is 4.74 Å². The monoisotopic (exact) mass is 253 g/mol. The SMILES string of the molecule is CC1(C)COC(=O)C2(CCC(C(C)(C)C)CC2)N1. The number of cyclic esters (lactones) is 1. The van der Waals surface area contributed by atoms with Crippen LogP contribution in [-0.2, 0) is 9.53 Å². The van der Waals surface area contributed by atoms with Crippen LogP contribution in [0.1, 0.15) is 60.3 Å². The summed E-state index contributed by atoms with van der Waals surface area (Å²) < 4.78 is 5.41. The summed E-state index contributed by atoms with van der Waals surface area (Å²) in [7, 11) is 0. The molecule has 2 aliphatic rings. The van der Waals surface area contributed by atoms with Gasteiger partial charge in [0.2, 0.25) is 0 Å². The van der Waals surface area contributed by atoms with Crippen LogP contribution in [-0.4, -0.2) is 23.7 Å². The number of ether oxygens (including phenoxy) is 1. The van der Waals surface area contributed by atoms with Gasteiger partial charge >= 0.3 is 5.97 Å². The Hall–Kier alpha value is -0.570. The predicted octanol–water partition coefficient (Wildman–Crippen LogP) is 2.89. The van der Waals surface area contributed by atoms with Crippen LogP contribution in [0.4, 0.5) is 0 Å². The highest BCUT2D eigenvalue weighted by atomic mass is 16.5. The highest BCUT2D eigenvalue weighted by Gasteiger charge is 2.50. The molecule has 18 heavy (non-hydrogen) atoms. The molecule has 0 unspecified atom stereocenters. The van der Waals surface area contributed by atoms with Crippen LogP contribution < -0.4 is 5.32 Å². The lowest BCUT2D eigenvalue weighted by Crippen LogP contribution is -2.67. The van der Waals surface area contributed by atoms with E-state index >= 15 is 0 Å². The predicted molar refractivity (Wildman–Crippen MR) is 72.3 cm³/mol. The molecule has 1 aliphatic heterocycles. The fraction of sp³-hybridized carbons (Fsp3) is 0.933. The van der Waals surface area contributed by atoms with Gasteiger partial charge in [-0.05, 0) is 50.9 Å². The molecule has 1 N–H and O–H groups in total. The first-order valence-electron chi connectivity index (χ1n) is 7.11. The molecule has 0 aromatic carbocycles. The minimum absolute atomic E-state index is 0.0332. The van der Waals surface area contributed by atoms with Crippen molar-refractivity contribution in [3.8, 4) is 0 Å². The van der Waals surface area contributed by atoms with Gasteiger partial charge in [-0.25, -0.2) is 0 Å². The highest BCUT2D eigenvalue weighted by molar-refractivity contribution is 5.82. The second kappa shape index (κ2) is 4.22. The molecule has 1 heterocycles. The fourth-order valence-corrected chi connectivity index (χ4v) is 3.42. The highest BCUT2D eigenvalue weighted by Crippen LogP contribution is 2.43. The van der Waals surface area contributed by atoms with Gasteiger partial charge in [-0.1, -0.05) is 20.8 Å². The molecule has 1 aliphatic carbocycles. The van der Waals surface area contributed by atoms with Crippen LogP contribution in [0.5, 0.6) is 0 Å². The summed E-state index contributed by atoms with van der Waals surface area (Å²) in [5, 5.41) is 3.56. The van der Waals surface area contributed by atoms with Crippen LogP contribution in [0.2, 0.25) is 0 Å². The normalized spacial score (nSPS) is 36.5. The van der Waals surface area contributed by atoms with Crippen molar-refractivity contribution in [1.82, 2.24) is 5.32 Å². The van der Waals surface area contributed by atoms with Crippen molar-refractivity contribution < 1.29 is 9.53 Å². The number of carbonyl (C=O) groups is 1. The van der Waals surface area contributed by atoms with Crippen LogP contribution in [0.15, 0.2) is 0 Å². The van der Waals surface area contributed by atoms with E-state index in [1.54, 1.807) is 0 Å². The minimum atomic E-state index is -0.413. The fourth-order valence-electron chi connectivity index (χ4n) is 3.42. The molecule has 3 nitrogen and oxygen atoms in total. The second-order valence-corrected chi connectivity index (χ2v) is 7.81. The van der Waals surface area contributed by atoms with Crippen LogP contribution >= 0.6 is 0 Å². The molecule has 104 valence electrons. The first kappa shape index (κ1) is 13.9. The lowest BCUT2D eigenvalue weighted by molar-refractivity contribution is -0.166. The Balaban J connectivity index is 2.08. The van der Waals surface area contributed by atoms with Gasteiger partial charge in [0.15, 0.2) is 0 Å². The molecule has 0 aromatic rings. The van der Waals surface area contributed by atoms with Crippen LogP contribution in [0.3, 0.4) is 0 Å². The van der Waals surface area contributed by atoms with Crippen molar-refractivity contribution in [2.75, 3.05) is 6.61 Å². The van der Waals surface area contributed by atoms with Gasteiger partial charge in [0.25, 0.3) is 0 Å². The average molecular weight is 253 g/mol. The smallest absolute Gasteiger partial charge is 0.326 e. The van der Waals surface area contributed by atoms with E-state index in [2.05, 4.69) is 39.9 Å². The lowest BCUT2D eigenvalue weighted by atomic mass is 9.66. The van der Waals surface area contributed by atoms with Crippen molar-refractivity contribution in [3.05, 3.63) is 0 Å². The molecule has 0 atom stereocenters. The summed E-state index contributed by atoms with van der Waals surface area (Å²) in [5.74, 6) is 0.678. The second-order valence-electron chi connectivity index (χ2n) is 7.81. The van der Waals surface area contributed by atoms with Crippen LogP contribution in [0.25, 0.3) is 0 Å². The first-order chi connectivity index (χ1) is 8.15. The van der Waals surface area contributed by atoms with E-state index in [1.807, 2.05) is 0 Å². The van der Waals surface area contributed by atoms with E-state index in [0.29, 0.717) is 17.9 Å². The van der Waals surface area contributed by atoms with E-state index in [0.717, 1.165) is 25.7 Å². The van der Waals surface area contributed by atoms with E-state index in [4.69, 9.17) is 4.74 Å². The maximum atomic E-state index is 12.1. The number of rotatable bonds is 0. The van der Waals surface area contributed by atoms with Gasteiger partial charge in [0.1, 0.15) is 12.1 Å². The Labute approximate surface area is 111 Å². The van der Waals surface area contributed by atoms with Crippen molar-refractivity contribution >= 4 is 5.97 Å². The standard InChI is InChI=1S/C15H27NO2/c1-13(2,3)11-6-8-15(9-7-11)12(17)18-10-14(4,5)16-15/h11,16H,6-10H2,1-5H3. The zero-order valence-corrected chi connectivity index (χ0v) is 12.4. The van der Waals surface area contributed by atoms with E-state index < -0.39 is 5.54 Å². The number of morpholine rings is 1. The summed E-state index contributed by atoms with van der Waals surface area (Å²) in [5.41, 5.74) is -0.165. The molecule has 2 rings (SSSR count). The molecule has 0 amide bonds. The lowest BCUT2D eigenvalue weighted by Gasteiger charge is -2.49. The van der Waals surface area contributed by atoms with Gasteiger partial charge in [-0.2, -0.15) is 0 Å². The third-order valence-corrected chi connectivity index (χ3v) is 4.60. The Morgan fingerprint density at radius 3 is 2.28 bits per heavy atom. The number of hydrogen-bond donors (Lipinski definition) is 1. The summed E-state index contributed by atoms with van der Waals surface area (Å²) in [6, 6.07) is 0. The molecule has 0 radical (unpaired) electrons. The largest absolute Gasteiger partial charge is 0.462 e. The minimum Gasteiger partial charge on any atom is -0.462 e. The van der Waals surface area contributed by atoms with Crippen molar-refractivity contribution in [3.63, 3.8) is 0 Å². The third-order valence-electron chi connectivity index (χ3n) is 4.60. The maximum absolute atomic E-state index is 12.1. The third kappa shape index (κ3) is 2.56. The summed E-state index contributed by atoms with van der Waals surface area (Å²) in [6.07, 6.45) is 4.05. The summed E-state index contributed by atoms with van der Waals surface area (Å²) >= 11 is 0. The van der Waals surface area contributed by atoms with Crippen LogP contribution in [0, 0.1) is 11.3 Å². The number of esters is 1. The number of nitrogens with one attached hydrogen (secondary N) is 1. The first-order valence-corrected chi connectivity index (χ1v) is 7.11. The number of hydrogen-bond acceptors (Lipinski definition) is 3. The van der Waals surface area contributed by atoms with E-state index in [1.165, 1.54) is 0 Å². The molecule has 1 spiro atoms. The Morgan fingerprint density at radius 2 is 1.78 bits per heavy atom. The zero-order chi connectivity index (χ0) is 13.6. The molecule has 0 bridgehead atoms. The van der Waals surface area contributed by atoms with Gasteiger partial charge in [-0.15, -0.1) is 0 Å². The summed E-state index contributed by atoms with van der Waals surface area (Å²) in [4.78, 5) is 12.1. The van der Waals surface area contributed by atoms with E-state index in [-0.39, 0.29) is 11.5 Å². The Morgan fingerprint density at radius 1 is 1.22 bits per heavy atom. The van der Waals surface area contributed by atoms with Gasteiger partial charge in [-0.3, -0.25) is 10.1 Å². The van der Waals surface area contributed by atoms with Gasteiger partial charge in [0.05, 0.1) is 0 Å². The molecule has 1 saturated heterocycles. The molecule has 0 aromatic heterocycles. The topological polar surface area (TPSA) is 38.3 Å². The maximum Gasteiger partial charge on any atom is 0.326 e. The quantitative estimate of drug-likeness (QED) is 0.675. The Kier molecular flexibility index (Phi) is 3.25. The van der Waals surface area contributed by atoms with Crippen molar-refractivity contribution in [1.29, 1.82) is 0 Å². The molecular weight excluding hydrogens is 226 g/mol.